The number of rotatable bonds is 1. The fourth-order valence-electron chi connectivity index (χ4n) is 0.518. The Hall–Kier alpha value is -1.26. The zero-order valence-corrected chi connectivity index (χ0v) is 6.46. The van der Waals surface area contributed by atoms with Crippen LogP contribution in [0.2, 0.25) is 0 Å². The van der Waals surface area contributed by atoms with E-state index >= 15 is 0 Å². The molecule has 0 unspecified atom stereocenters. The molecule has 0 spiro atoms. The predicted molar refractivity (Wildman–Crippen MR) is 37.3 cm³/mol. The minimum Gasteiger partial charge on any atom is -0.480 e. The lowest BCUT2D eigenvalue weighted by molar-refractivity contribution is -0.139. The highest BCUT2D eigenvalue weighted by molar-refractivity contribution is 5.82. The van der Waals surface area contributed by atoms with Gasteiger partial charge in [-0.15, -0.1) is 0 Å². The van der Waals surface area contributed by atoms with Crippen LogP contribution in [-0.4, -0.2) is 29.8 Å². The first-order chi connectivity index (χ1) is 5.20. The zero-order chi connectivity index (χ0) is 8.85. The summed E-state index contributed by atoms with van der Waals surface area (Å²) in [5, 5.41) is 10.3. The lowest BCUT2D eigenvalue weighted by atomic mass is 10.3. The summed E-state index contributed by atoms with van der Waals surface area (Å²) in [5.74, 6) is -1.07. The number of carboxylic acids is 1. The highest BCUT2D eigenvalue weighted by Crippen LogP contribution is 1.95. The van der Waals surface area contributed by atoms with Crippen LogP contribution in [0.1, 0.15) is 13.8 Å². The average Bonchev–Trinajstić information content (AvgIpc) is 2.40. The van der Waals surface area contributed by atoms with Gasteiger partial charge in [0, 0.05) is 0 Å². The highest BCUT2D eigenvalue weighted by atomic mass is 16.6. The van der Waals surface area contributed by atoms with Gasteiger partial charge in [0.1, 0.15) is 6.61 Å². The van der Waals surface area contributed by atoms with Gasteiger partial charge >= 0.3 is 12.1 Å². The van der Waals surface area contributed by atoms with Gasteiger partial charge < -0.3 is 15.2 Å². The molecule has 0 radical (unpaired) electrons. The van der Waals surface area contributed by atoms with Gasteiger partial charge in [-0.1, -0.05) is 13.8 Å². The quantitative estimate of drug-likeness (QED) is 0.576. The van der Waals surface area contributed by atoms with Crippen molar-refractivity contribution in [2.24, 2.45) is 0 Å². The predicted octanol–water partition coefficient (Wildman–Crippen LogP) is 0.206. The summed E-state index contributed by atoms with van der Waals surface area (Å²) >= 11 is 0. The first-order valence-corrected chi connectivity index (χ1v) is 3.36. The molecule has 1 saturated heterocycles. The van der Waals surface area contributed by atoms with Crippen molar-refractivity contribution in [3.8, 4) is 0 Å². The third kappa shape index (κ3) is 2.88. The largest absolute Gasteiger partial charge is 0.480 e. The summed E-state index contributed by atoms with van der Waals surface area (Å²) < 4.78 is 4.30. The van der Waals surface area contributed by atoms with E-state index in [4.69, 9.17) is 5.11 Å². The number of carboxylic acid groups (broad SMARTS) is 1. The smallest absolute Gasteiger partial charge is 0.408 e. The van der Waals surface area contributed by atoms with E-state index in [1.165, 1.54) is 0 Å². The van der Waals surface area contributed by atoms with Gasteiger partial charge in [-0.3, -0.25) is 0 Å². The standard InChI is InChI=1S/C4H5NO4.C2H6/c6-3(7)2-1-9-4(8)5-2;1-2/h2H,1H2,(H,5,8)(H,6,7);1-2H3/t2-;/m0./s1. The maximum absolute atomic E-state index is 10.2. The molecule has 1 atom stereocenters. The normalized spacial score (nSPS) is 20.9. The van der Waals surface area contributed by atoms with E-state index in [1.807, 2.05) is 13.8 Å². The van der Waals surface area contributed by atoms with Crippen molar-refractivity contribution in [3.05, 3.63) is 0 Å². The molecule has 5 heteroatoms. The Bertz CT molecular complexity index is 157. The molecule has 0 saturated carbocycles. The Morgan fingerprint density at radius 2 is 2.27 bits per heavy atom. The molecule has 2 N–H and O–H groups in total. The Morgan fingerprint density at radius 1 is 1.73 bits per heavy atom. The number of nitrogens with one attached hydrogen (secondary N) is 1. The van der Waals surface area contributed by atoms with Gasteiger partial charge in [-0.05, 0) is 0 Å². The fourth-order valence-corrected chi connectivity index (χ4v) is 0.518. The summed E-state index contributed by atoms with van der Waals surface area (Å²) in [6.45, 7) is 3.92. The molecule has 1 aliphatic heterocycles. The SMILES string of the molecule is CC.O=C1N[C@H](C(=O)O)CO1. The Morgan fingerprint density at radius 3 is 2.45 bits per heavy atom. The molecule has 1 aliphatic rings. The minimum absolute atomic E-state index is 0.0752. The number of amides is 1. The third-order valence-corrected chi connectivity index (χ3v) is 0.971. The molecule has 1 amide bonds. The van der Waals surface area contributed by atoms with E-state index < -0.39 is 18.1 Å². The van der Waals surface area contributed by atoms with Crippen LogP contribution in [0, 0.1) is 0 Å². The van der Waals surface area contributed by atoms with Crippen molar-refractivity contribution in [2.45, 2.75) is 19.9 Å². The van der Waals surface area contributed by atoms with Crippen LogP contribution in [0.3, 0.4) is 0 Å². The molecular formula is C6H11NO4. The first kappa shape index (κ1) is 9.74. The van der Waals surface area contributed by atoms with E-state index in [0.29, 0.717) is 0 Å². The van der Waals surface area contributed by atoms with Gasteiger partial charge in [-0.2, -0.15) is 0 Å². The molecular weight excluding hydrogens is 150 g/mol. The molecule has 0 aromatic rings. The lowest BCUT2D eigenvalue weighted by Crippen LogP contribution is -2.33. The summed E-state index contributed by atoms with van der Waals surface area (Å²) in [5.41, 5.74) is 0. The number of hydrogen-bond donors (Lipinski definition) is 2. The van der Waals surface area contributed by atoms with Gasteiger partial charge in [0.2, 0.25) is 0 Å². The molecule has 5 nitrogen and oxygen atoms in total. The van der Waals surface area contributed by atoms with Crippen molar-refractivity contribution in [1.29, 1.82) is 0 Å². The second kappa shape index (κ2) is 4.54. The van der Waals surface area contributed by atoms with Gasteiger partial charge in [0.05, 0.1) is 0 Å². The lowest BCUT2D eigenvalue weighted by Gasteiger charge is -1.95. The molecule has 11 heavy (non-hydrogen) atoms. The Kier molecular flexibility index (Phi) is 4.02. The van der Waals surface area contributed by atoms with Crippen molar-refractivity contribution in [2.75, 3.05) is 6.61 Å². The van der Waals surface area contributed by atoms with Crippen LogP contribution < -0.4 is 5.32 Å². The molecule has 64 valence electrons. The molecule has 0 aliphatic carbocycles. The zero-order valence-electron chi connectivity index (χ0n) is 6.46. The van der Waals surface area contributed by atoms with E-state index in [1.54, 1.807) is 0 Å². The molecule has 0 aromatic heterocycles. The van der Waals surface area contributed by atoms with Gasteiger partial charge in [0.15, 0.2) is 6.04 Å². The van der Waals surface area contributed by atoms with Crippen LogP contribution >= 0.6 is 0 Å². The van der Waals surface area contributed by atoms with Crippen LogP contribution in [0.15, 0.2) is 0 Å². The monoisotopic (exact) mass is 161 g/mol. The number of aliphatic carboxylic acids is 1. The molecule has 1 fully saturated rings. The maximum atomic E-state index is 10.2. The molecule has 1 heterocycles. The Labute approximate surface area is 64.3 Å². The molecule has 0 bridgehead atoms. The second-order valence-electron chi connectivity index (χ2n) is 1.63. The number of cyclic esters (lactones) is 1. The van der Waals surface area contributed by atoms with E-state index in [0.717, 1.165) is 0 Å². The second-order valence-corrected chi connectivity index (χ2v) is 1.63. The van der Waals surface area contributed by atoms with Crippen molar-refractivity contribution in [3.63, 3.8) is 0 Å². The summed E-state index contributed by atoms with van der Waals surface area (Å²) in [6, 6.07) is -0.863. The molecule has 0 aromatic carbocycles. The van der Waals surface area contributed by atoms with Crippen LogP contribution in [0.4, 0.5) is 4.79 Å². The van der Waals surface area contributed by atoms with Crippen LogP contribution in [0.25, 0.3) is 0 Å². The van der Waals surface area contributed by atoms with Crippen molar-refractivity contribution >= 4 is 12.1 Å². The summed E-state index contributed by atoms with van der Waals surface area (Å²) in [4.78, 5) is 20.2. The van der Waals surface area contributed by atoms with Gasteiger partial charge in [-0.25, -0.2) is 9.59 Å². The van der Waals surface area contributed by atoms with Crippen LogP contribution in [0.5, 0.6) is 0 Å². The third-order valence-electron chi connectivity index (χ3n) is 0.971. The fraction of sp³-hybridized carbons (Fsp3) is 0.667. The highest BCUT2D eigenvalue weighted by Gasteiger charge is 2.27. The number of carbonyl (C=O) groups excluding carboxylic acids is 1. The van der Waals surface area contributed by atoms with Gasteiger partial charge in [0.25, 0.3) is 0 Å². The number of hydrogen-bond acceptors (Lipinski definition) is 3. The van der Waals surface area contributed by atoms with Crippen LogP contribution in [-0.2, 0) is 9.53 Å². The van der Waals surface area contributed by atoms with E-state index in [9.17, 15) is 9.59 Å². The average molecular weight is 161 g/mol. The molecule has 1 rings (SSSR count). The number of alkyl carbamates (subject to hydrolysis) is 1. The summed E-state index contributed by atoms with van der Waals surface area (Å²) in [7, 11) is 0. The van der Waals surface area contributed by atoms with E-state index in [2.05, 4.69) is 10.1 Å². The topological polar surface area (TPSA) is 75.6 Å². The first-order valence-electron chi connectivity index (χ1n) is 3.36. The summed E-state index contributed by atoms with van der Waals surface area (Å²) in [6.07, 6.45) is -0.664. The van der Waals surface area contributed by atoms with Crippen molar-refractivity contribution in [1.82, 2.24) is 5.32 Å². The van der Waals surface area contributed by atoms with Crippen molar-refractivity contribution < 1.29 is 19.4 Å². The number of ether oxygens (including phenoxy) is 1. The van der Waals surface area contributed by atoms with E-state index in [-0.39, 0.29) is 6.61 Å². The number of carbonyl (C=O) groups is 2. The Balaban J connectivity index is 0.000000461. The maximum Gasteiger partial charge on any atom is 0.408 e. The minimum atomic E-state index is -1.07.